The molecule has 0 aliphatic heterocycles. The van der Waals surface area contributed by atoms with Gasteiger partial charge in [-0.1, -0.05) is 13.2 Å². The minimum atomic E-state index is -1.45. The standard InChI is InChI=1S/C17H26O11/c1-11(2)13(18)21-9-16(5,6)25-27-23-15(20)24-28-26-17(7,8)10-22-14(19)12(3)4/h1,3,9-10H2,2,4-8H3. The van der Waals surface area contributed by atoms with E-state index < -0.39 is 29.3 Å². The fourth-order valence-electron chi connectivity index (χ4n) is 1.06. The highest BCUT2D eigenvalue weighted by Crippen LogP contribution is 2.13. The van der Waals surface area contributed by atoms with E-state index in [0.29, 0.717) is 0 Å². The summed E-state index contributed by atoms with van der Waals surface area (Å²) in [4.78, 5) is 51.7. The zero-order valence-electron chi connectivity index (χ0n) is 16.8. The van der Waals surface area contributed by atoms with Crippen molar-refractivity contribution in [3.05, 3.63) is 24.3 Å². The Hall–Kier alpha value is -2.47. The van der Waals surface area contributed by atoms with E-state index in [0.717, 1.165) is 0 Å². The fourth-order valence-corrected chi connectivity index (χ4v) is 1.06. The van der Waals surface area contributed by atoms with Crippen molar-refractivity contribution in [3.63, 3.8) is 0 Å². The van der Waals surface area contributed by atoms with Gasteiger partial charge in [0.25, 0.3) is 0 Å². The molecule has 0 heterocycles. The highest BCUT2D eigenvalue weighted by molar-refractivity contribution is 5.87. The summed E-state index contributed by atoms with van der Waals surface area (Å²) in [5, 5.41) is 8.48. The molecular formula is C17H26O11. The summed E-state index contributed by atoms with van der Waals surface area (Å²) in [6, 6.07) is 0. The van der Waals surface area contributed by atoms with E-state index in [4.69, 9.17) is 19.2 Å². The second-order valence-corrected chi connectivity index (χ2v) is 6.95. The molecule has 0 amide bonds. The van der Waals surface area contributed by atoms with E-state index in [1.807, 2.05) is 0 Å². The molecule has 0 saturated carbocycles. The molecule has 0 radical (unpaired) electrons. The summed E-state index contributed by atoms with van der Waals surface area (Å²) < 4.78 is 9.76. The van der Waals surface area contributed by atoms with Crippen LogP contribution < -0.4 is 0 Å². The van der Waals surface area contributed by atoms with Gasteiger partial charge in [0, 0.05) is 11.1 Å². The van der Waals surface area contributed by atoms with Gasteiger partial charge in [0.05, 0.1) is 0 Å². The Balaban J connectivity index is 4.06. The highest BCUT2D eigenvalue weighted by Gasteiger charge is 2.26. The molecule has 0 saturated heterocycles. The molecule has 0 aliphatic rings. The molecule has 0 aromatic heterocycles. The largest absolute Gasteiger partial charge is 0.577 e. The van der Waals surface area contributed by atoms with E-state index in [2.05, 4.69) is 33.0 Å². The summed E-state index contributed by atoms with van der Waals surface area (Å²) in [6.07, 6.45) is -1.45. The number of hydrogen-bond donors (Lipinski definition) is 0. The number of ether oxygens (including phenoxy) is 2. The van der Waals surface area contributed by atoms with Crippen LogP contribution >= 0.6 is 0 Å². The van der Waals surface area contributed by atoms with Gasteiger partial charge in [-0.15, -0.1) is 0 Å². The maximum Gasteiger partial charge on any atom is 0.577 e. The molecule has 0 fully saturated rings. The van der Waals surface area contributed by atoms with Crippen LogP contribution in [-0.4, -0.2) is 42.5 Å². The molecule has 28 heavy (non-hydrogen) atoms. The Morgan fingerprint density at radius 1 is 0.714 bits per heavy atom. The van der Waals surface area contributed by atoms with Gasteiger partial charge in [-0.2, -0.15) is 14.6 Å². The van der Waals surface area contributed by atoms with Crippen molar-refractivity contribution in [1.82, 2.24) is 0 Å². The van der Waals surface area contributed by atoms with Crippen molar-refractivity contribution >= 4 is 18.1 Å². The molecule has 11 heteroatoms. The van der Waals surface area contributed by atoms with Crippen LogP contribution in [0.15, 0.2) is 24.3 Å². The molecule has 0 spiro atoms. The van der Waals surface area contributed by atoms with Gasteiger partial charge >= 0.3 is 18.1 Å². The van der Waals surface area contributed by atoms with Gasteiger partial charge in [0.2, 0.25) is 0 Å². The third-order valence-electron chi connectivity index (χ3n) is 2.52. The van der Waals surface area contributed by atoms with Gasteiger partial charge in [-0.05, 0) is 51.6 Å². The zero-order chi connectivity index (χ0) is 22.0. The first-order valence-corrected chi connectivity index (χ1v) is 8.00. The lowest BCUT2D eigenvalue weighted by Gasteiger charge is -2.22. The molecular weight excluding hydrogens is 380 g/mol. The topological polar surface area (TPSA) is 125 Å². The lowest BCUT2D eigenvalue weighted by molar-refractivity contribution is -0.555. The summed E-state index contributed by atoms with van der Waals surface area (Å²) in [6.45, 7) is 15.4. The van der Waals surface area contributed by atoms with Crippen molar-refractivity contribution in [2.24, 2.45) is 0 Å². The van der Waals surface area contributed by atoms with Crippen LogP contribution in [0.2, 0.25) is 0 Å². The molecule has 0 aromatic rings. The zero-order valence-corrected chi connectivity index (χ0v) is 16.8. The van der Waals surface area contributed by atoms with Crippen LogP contribution in [0.4, 0.5) is 4.79 Å². The van der Waals surface area contributed by atoms with Crippen LogP contribution in [0.25, 0.3) is 0 Å². The lowest BCUT2D eigenvalue weighted by Crippen LogP contribution is -2.33. The van der Waals surface area contributed by atoms with E-state index in [1.54, 1.807) is 0 Å². The van der Waals surface area contributed by atoms with Crippen molar-refractivity contribution < 1.29 is 53.5 Å². The van der Waals surface area contributed by atoms with Crippen LogP contribution in [-0.2, 0) is 48.7 Å². The maximum atomic E-state index is 11.3. The first-order valence-electron chi connectivity index (χ1n) is 8.00. The Morgan fingerprint density at radius 3 is 1.32 bits per heavy atom. The quantitative estimate of drug-likeness (QED) is 0.205. The van der Waals surface area contributed by atoms with Crippen molar-refractivity contribution in [2.75, 3.05) is 13.2 Å². The van der Waals surface area contributed by atoms with Gasteiger partial charge in [0.15, 0.2) is 0 Å². The third kappa shape index (κ3) is 12.0. The van der Waals surface area contributed by atoms with Gasteiger partial charge < -0.3 is 9.47 Å². The monoisotopic (exact) mass is 406 g/mol. The first kappa shape index (κ1) is 25.5. The van der Waals surface area contributed by atoms with E-state index in [1.165, 1.54) is 41.5 Å². The summed E-state index contributed by atoms with van der Waals surface area (Å²) in [5.41, 5.74) is -1.85. The predicted octanol–water partition coefficient (Wildman–Crippen LogP) is 2.66. The van der Waals surface area contributed by atoms with Crippen LogP contribution in [0.3, 0.4) is 0 Å². The summed E-state index contributed by atoms with van der Waals surface area (Å²) in [7, 11) is 0. The minimum Gasteiger partial charge on any atom is -0.459 e. The summed E-state index contributed by atoms with van der Waals surface area (Å²) in [5.74, 6) is -1.22. The first-order chi connectivity index (χ1) is 12.8. The molecule has 0 N–H and O–H groups in total. The van der Waals surface area contributed by atoms with Crippen LogP contribution in [0.5, 0.6) is 0 Å². The molecule has 160 valence electrons. The maximum absolute atomic E-state index is 11.3. The number of carbonyl (C=O) groups excluding carboxylic acids is 3. The second kappa shape index (κ2) is 11.4. The predicted molar refractivity (Wildman–Crippen MR) is 91.6 cm³/mol. The van der Waals surface area contributed by atoms with Crippen molar-refractivity contribution in [3.8, 4) is 0 Å². The minimum absolute atomic E-state index is 0.201. The van der Waals surface area contributed by atoms with Gasteiger partial charge in [0.1, 0.15) is 24.4 Å². The Morgan fingerprint density at radius 2 is 1.04 bits per heavy atom. The van der Waals surface area contributed by atoms with Crippen LogP contribution in [0.1, 0.15) is 41.5 Å². The SMILES string of the molecule is C=C(C)C(=O)OCC(C)(C)OOOC(=O)OOOC(C)(C)COC(=O)C(=C)C. The van der Waals surface area contributed by atoms with Gasteiger partial charge in [-0.25, -0.2) is 19.4 Å². The molecule has 0 atom stereocenters. The molecule has 0 rings (SSSR count). The number of esters is 2. The van der Waals surface area contributed by atoms with Gasteiger partial charge in [-0.3, -0.25) is 0 Å². The van der Waals surface area contributed by atoms with Crippen molar-refractivity contribution in [2.45, 2.75) is 52.7 Å². The molecule has 11 nitrogen and oxygen atoms in total. The molecule has 0 unspecified atom stereocenters. The average Bonchev–Trinajstić information content (AvgIpc) is 2.57. The normalized spacial score (nSPS) is 11.4. The number of rotatable bonds is 12. The average molecular weight is 406 g/mol. The fraction of sp³-hybridized carbons (Fsp3) is 0.588. The van der Waals surface area contributed by atoms with E-state index in [-0.39, 0.29) is 24.4 Å². The van der Waals surface area contributed by atoms with E-state index >= 15 is 0 Å². The lowest BCUT2D eigenvalue weighted by atomic mass is 10.2. The van der Waals surface area contributed by atoms with Crippen molar-refractivity contribution in [1.29, 1.82) is 0 Å². The molecule has 0 bridgehead atoms. The summed E-state index contributed by atoms with van der Waals surface area (Å²) >= 11 is 0. The Kier molecular flexibility index (Phi) is 10.4. The Bertz CT molecular complexity index is 542. The Labute approximate surface area is 162 Å². The molecule has 0 aromatic carbocycles. The van der Waals surface area contributed by atoms with E-state index in [9.17, 15) is 14.4 Å². The van der Waals surface area contributed by atoms with Crippen LogP contribution in [0, 0.1) is 0 Å². The molecule has 0 aliphatic carbocycles. The second-order valence-electron chi connectivity index (χ2n) is 6.95. The number of hydrogen-bond acceptors (Lipinski definition) is 11. The third-order valence-corrected chi connectivity index (χ3v) is 2.52. The number of carbonyl (C=O) groups is 3. The highest BCUT2D eigenvalue weighted by atomic mass is 17.6. The smallest absolute Gasteiger partial charge is 0.459 e.